The van der Waals surface area contributed by atoms with Crippen molar-refractivity contribution in [3.8, 4) is 0 Å². The van der Waals surface area contributed by atoms with E-state index in [1.807, 2.05) is 0 Å². The van der Waals surface area contributed by atoms with E-state index in [1.54, 1.807) is 13.2 Å². The summed E-state index contributed by atoms with van der Waals surface area (Å²) in [6.07, 6.45) is -0.0446. The minimum Gasteiger partial charge on any atom is -0.352 e. The van der Waals surface area contributed by atoms with Crippen LogP contribution in [0.25, 0.3) is 0 Å². The molecule has 1 aliphatic rings. The van der Waals surface area contributed by atoms with Gasteiger partial charge in [0.15, 0.2) is 0 Å². The van der Waals surface area contributed by atoms with E-state index < -0.39 is 30.1 Å². The Hall–Kier alpha value is -1.57. The Morgan fingerprint density at radius 3 is 2.81 bits per heavy atom. The molecule has 0 aromatic carbocycles. The molecule has 1 heterocycles. The van der Waals surface area contributed by atoms with Gasteiger partial charge < -0.3 is 11.1 Å². The Morgan fingerprint density at radius 2 is 2.24 bits per heavy atom. The van der Waals surface area contributed by atoms with Crippen LogP contribution in [-0.4, -0.2) is 27.9 Å². The van der Waals surface area contributed by atoms with Gasteiger partial charge in [0.05, 0.1) is 12.1 Å². The van der Waals surface area contributed by atoms with Crippen molar-refractivity contribution in [2.45, 2.75) is 43.9 Å². The molecule has 3 atom stereocenters. The van der Waals surface area contributed by atoms with Crippen molar-refractivity contribution >= 4 is 5.91 Å². The number of hydrogen-bond acceptors (Lipinski definition) is 3. The molecule has 3 N–H and O–H groups in total. The molecule has 118 valence electrons. The highest BCUT2D eigenvalue weighted by molar-refractivity contribution is 5.83. The number of rotatable bonds is 3. The van der Waals surface area contributed by atoms with Gasteiger partial charge in [-0.3, -0.25) is 9.48 Å². The highest BCUT2D eigenvalue weighted by atomic mass is 19.4. The zero-order chi connectivity index (χ0) is 15.6. The van der Waals surface area contributed by atoms with Crippen molar-refractivity contribution in [3.63, 3.8) is 0 Å². The monoisotopic (exact) mass is 304 g/mol. The molecular formula is C13H19F3N4O. The molecule has 1 aliphatic carbocycles. The molecule has 0 aliphatic heterocycles. The maximum atomic E-state index is 12.7. The van der Waals surface area contributed by atoms with E-state index in [0.29, 0.717) is 18.4 Å². The fourth-order valence-electron chi connectivity index (χ4n) is 2.66. The summed E-state index contributed by atoms with van der Waals surface area (Å²) in [4.78, 5) is 12.0. The second-order valence-electron chi connectivity index (χ2n) is 5.54. The molecule has 3 unspecified atom stereocenters. The first-order chi connectivity index (χ1) is 9.77. The molecule has 8 heteroatoms. The summed E-state index contributed by atoms with van der Waals surface area (Å²) in [5.41, 5.74) is 6.34. The molecule has 0 bridgehead atoms. The molecular weight excluding hydrogens is 285 g/mol. The average Bonchev–Trinajstić information content (AvgIpc) is 2.84. The topological polar surface area (TPSA) is 72.9 Å². The maximum absolute atomic E-state index is 12.7. The number of carbonyl (C=O) groups is 1. The van der Waals surface area contributed by atoms with E-state index in [2.05, 4.69) is 10.4 Å². The number of halogens is 3. The van der Waals surface area contributed by atoms with Crippen LogP contribution >= 0.6 is 0 Å². The van der Waals surface area contributed by atoms with Gasteiger partial charge in [0.1, 0.15) is 6.04 Å². The predicted octanol–water partition coefficient (Wildman–Crippen LogP) is 1.66. The molecule has 1 amide bonds. The normalized spacial score (nSPS) is 24.6. The number of nitrogens with one attached hydrogen (secondary N) is 1. The number of hydrogen-bond donors (Lipinski definition) is 2. The van der Waals surface area contributed by atoms with Gasteiger partial charge in [-0.1, -0.05) is 6.42 Å². The van der Waals surface area contributed by atoms with Crippen molar-refractivity contribution in [3.05, 3.63) is 18.0 Å². The fourth-order valence-corrected chi connectivity index (χ4v) is 2.66. The van der Waals surface area contributed by atoms with Gasteiger partial charge in [0.25, 0.3) is 0 Å². The maximum Gasteiger partial charge on any atom is 0.391 e. The minimum atomic E-state index is -4.20. The largest absolute Gasteiger partial charge is 0.391 e. The van der Waals surface area contributed by atoms with Crippen LogP contribution in [0.1, 0.15) is 37.3 Å². The van der Waals surface area contributed by atoms with Crippen molar-refractivity contribution in [1.29, 1.82) is 0 Å². The van der Waals surface area contributed by atoms with Gasteiger partial charge >= 0.3 is 6.18 Å². The molecule has 21 heavy (non-hydrogen) atoms. The first kappa shape index (κ1) is 15.8. The van der Waals surface area contributed by atoms with E-state index >= 15 is 0 Å². The zero-order valence-electron chi connectivity index (χ0n) is 11.7. The first-order valence-electron chi connectivity index (χ1n) is 6.88. The lowest BCUT2D eigenvalue weighted by Gasteiger charge is -2.31. The van der Waals surface area contributed by atoms with Crippen molar-refractivity contribution in [2.24, 2.45) is 18.7 Å². The standard InChI is InChI=1S/C13H19F3N4O/c1-20-7-8(6-18-20)11(17)12(21)19-10-4-2-3-9(5-10)13(14,15)16/h6-7,9-11H,2-5,17H2,1H3,(H,19,21). The summed E-state index contributed by atoms with van der Waals surface area (Å²) in [6, 6.07) is -1.38. The number of nitrogens with two attached hydrogens (primary N) is 1. The Balaban J connectivity index is 1.93. The number of carbonyl (C=O) groups excluding carboxylic acids is 1. The second kappa shape index (κ2) is 6.05. The van der Waals surface area contributed by atoms with Crippen LogP contribution in [0.3, 0.4) is 0 Å². The van der Waals surface area contributed by atoms with Gasteiger partial charge in [0, 0.05) is 24.8 Å². The second-order valence-corrected chi connectivity index (χ2v) is 5.54. The molecule has 0 spiro atoms. The molecule has 5 nitrogen and oxygen atoms in total. The SMILES string of the molecule is Cn1cc(C(N)C(=O)NC2CCCC(C(F)(F)F)C2)cn1. The van der Waals surface area contributed by atoms with E-state index in [1.165, 1.54) is 10.9 Å². The van der Waals surface area contributed by atoms with Crippen LogP contribution < -0.4 is 11.1 Å². The molecule has 0 radical (unpaired) electrons. The van der Waals surface area contributed by atoms with Gasteiger partial charge in [-0.15, -0.1) is 0 Å². The lowest BCUT2D eigenvalue weighted by atomic mass is 9.85. The van der Waals surface area contributed by atoms with E-state index in [9.17, 15) is 18.0 Å². The summed E-state index contributed by atoms with van der Waals surface area (Å²) >= 11 is 0. The summed E-state index contributed by atoms with van der Waals surface area (Å²) in [5, 5.41) is 6.55. The molecule has 1 saturated carbocycles. The Kier molecular flexibility index (Phi) is 4.55. The van der Waals surface area contributed by atoms with Gasteiger partial charge in [-0.25, -0.2) is 0 Å². The summed E-state index contributed by atoms with van der Waals surface area (Å²) in [6.45, 7) is 0. The van der Waals surface area contributed by atoms with Crippen molar-refractivity contribution < 1.29 is 18.0 Å². The van der Waals surface area contributed by atoms with Crippen molar-refractivity contribution in [2.75, 3.05) is 0 Å². The first-order valence-corrected chi connectivity index (χ1v) is 6.88. The smallest absolute Gasteiger partial charge is 0.352 e. The summed E-state index contributed by atoms with van der Waals surface area (Å²) < 4.78 is 39.7. The van der Waals surface area contributed by atoms with Crippen LogP contribution in [-0.2, 0) is 11.8 Å². The van der Waals surface area contributed by atoms with Crippen molar-refractivity contribution in [1.82, 2.24) is 15.1 Å². The third-order valence-corrected chi connectivity index (χ3v) is 3.85. The zero-order valence-corrected chi connectivity index (χ0v) is 11.7. The van der Waals surface area contributed by atoms with Crippen LogP contribution in [0.5, 0.6) is 0 Å². The van der Waals surface area contributed by atoms with Crippen LogP contribution in [0.15, 0.2) is 12.4 Å². The van der Waals surface area contributed by atoms with Gasteiger partial charge in [-0.2, -0.15) is 18.3 Å². The third kappa shape index (κ3) is 3.96. The number of alkyl halides is 3. The third-order valence-electron chi connectivity index (χ3n) is 3.85. The highest BCUT2D eigenvalue weighted by Crippen LogP contribution is 2.37. The minimum absolute atomic E-state index is 0.0744. The highest BCUT2D eigenvalue weighted by Gasteiger charge is 2.42. The quantitative estimate of drug-likeness (QED) is 0.892. The number of aryl methyl sites for hydroxylation is 1. The fraction of sp³-hybridized carbons (Fsp3) is 0.692. The van der Waals surface area contributed by atoms with Gasteiger partial charge in [-0.05, 0) is 19.3 Å². The number of nitrogens with zero attached hydrogens (tertiary/aromatic N) is 2. The molecule has 0 saturated heterocycles. The van der Waals surface area contributed by atoms with E-state index in [0.717, 1.165) is 0 Å². The molecule has 1 aromatic rings. The Labute approximate surface area is 120 Å². The Bertz CT molecular complexity index is 500. The van der Waals surface area contributed by atoms with E-state index in [4.69, 9.17) is 5.73 Å². The number of aromatic nitrogens is 2. The lowest BCUT2D eigenvalue weighted by molar-refractivity contribution is -0.184. The summed E-state index contributed by atoms with van der Waals surface area (Å²) in [7, 11) is 1.70. The predicted molar refractivity (Wildman–Crippen MR) is 70.1 cm³/mol. The lowest BCUT2D eigenvalue weighted by Crippen LogP contribution is -2.44. The molecule has 1 fully saturated rings. The Morgan fingerprint density at radius 1 is 1.52 bits per heavy atom. The van der Waals surface area contributed by atoms with Gasteiger partial charge in [0.2, 0.25) is 5.91 Å². The molecule has 2 rings (SSSR count). The van der Waals surface area contributed by atoms with E-state index in [-0.39, 0.29) is 12.8 Å². The molecule has 1 aromatic heterocycles. The number of amides is 1. The van der Waals surface area contributed by atoms with Crippen LogP contribution in [0.4, 0.5) is 13.2 Å². The summed E-state index contributed by atoms with van der Waals surface area (Å²) in [5.74, 6) is -1.80. The van der Waals surface area contributed by atoms with Crippen LogP contribution in [0.2, 0.25) is 0 Å². The average molecular weight is 304 g/mol. The van der Waals surface area contributed by atoms with Crippen LogP contribution in [0, 0.1) is 5.92 Å².